The average molecular weight is 429 g/mol. The van der Waals surface area contributed by atoms with Gasteiger partial charge >= 0.3 is 0 Å². The van der Waals surface area contributed by atoms with E-state index in [1.54, 1.807) is 6.92 Å². The summed E-state index contributed by atoms with van der Waals surface area (Å²) in [5, 5.41) is 1.53. The summed E-state index contributed by atoms with van der Waals surface area (Å²) < 4.78 is 0. The SMILES string of the molecule is Cc1nc(-c2ccccc2)sc1C(=O)NNC(=O)c1cc(C2CC2)nc2ccccc12. The molecule has 0 unspecified atom stereocenters. The van der Waals surface area contributed by atoms with Gasteiger partial charge in [-0.05, 0) is 31.9 Å². The van der Waals surface area contributed by atoms with Crippen molar-refractivity contribution in [2.24, 2.45) is 0 Å². The molecule has 0 saturated heterocycles. The van der Waals surface area contributed by atoms with Crippen LogP contribution in [0, 0.1) is 6.92 Å². The minimum absolute atomic E-state index is 0.362. The Hall–Kier alpha value is -3.58. The summed E-state index contributed by atoms with van der Waals surface area (Å²) in [6, 6.07) is 19.1. The molecule has 2 heterocycles. The van der Waals surface area contributed by atoms with E-state index in [2.05, 4.69) is 15.8 Å². The zero-order valence-electron chi connectivity index (χ0n) is 16.9. The highest BCUT2D eigenvalue weighted by Gasteiger charge is 2.27. The van der Waals surface area contributed by atoms with Crippen LogP contribution in [0.1, 0.15) is 50.2 Å². The highest BCUT2D eigenvalue weighted by Crippen LogP contribution is 2.40. The number of aryl methyl sites for hydroxylation is 1. The minimum Gasteiger partial charge on any atom is -0.267 e. The van der Waals surface area contributed by atoms with Crippen molar-refractivity contribution in [3.8, 4) is 10.6 Å². The van der Waals surface area contributed by atoms with E-state index >= 15 is 0 Å². The van der Waals surface area contributed by atoms with Gasteiger partial charge in [-0.2, -0.15) is 0 Å². The number of hydrogen-bond acceptors (Lipinski definition) is 5. The van der Waals surface area contributed by atoms with Gasteiger partial charge in [-0.1, -0.05) is 48.5 Å². The lowest BCUT2D eigenvalue weighted by atomic mass is 10.1. The second kappa shape index (κ2) is 7.92. The van der Waals surface area contributed by atoms with Crippen LogP contribution in [-0.4, -0.2) is 21.8 Å². The van der Waals surface area contributed by atoms with Crippen molar-refractivity contribution >= 4 is 34.1 Å². The van der Waals surface area contributed by atoms with Gasteiger partial charge in [-0.3, -0.25) is 25.4 Å². The maximum atomic E-state index is 12.9. The molecule has 0 bridgehead atoms. The van der Waals surface area contributed by atoms with E-state index < -0.39 is 0 Å². The molecule has 4 aromatic rings. The molecule has 1 aliphatic rings. The summed E-state index contributed by atoms with van der Waals surface area (Å²) in [4.78, 5) is 35.3. The van der Waals surface area contributed by atoms with Crippen molar-refractivity contribution < 1.29 is 9.59 Å². The topological polar surface area (TPSA) is 84.0 Å². The number of benzene rings is 2. The fourth-order valence-electron chi connectivity index (χ4n) is 3.52. The first-order valence-electron chi connectivity index (χ1n) is 10.1. The van der Waals surface area contributed by atoms with Gasteiger partial charge in [0.25, 0.3) is 11.8 Å². The molecular formula is C24H20N4O2S. The smallest absolute Gasteiger partial charge is 0.267 e. The predicted molar refractivity (Wildman–Crippen MR) is 121 cm³/mol. The number of carbonyl (C=O) groups is 2. The summed E-state index contributed by atoms with van der Waals surface area (Å²) in [5.74, 6) is -0.326. The standard InChI is InChI=1S/C24H20N4O2S/c1-14-21(31-24(25-14)16-7-3-2-4-8-16)23(30)28-27-22(29)18-13-20(15-11-12-15)26-19-10-6-5-9-17(18)19/h2-10,13,15H,11-12H2,1H3,(H,27,29)(H,28,30). The molecule has 0 atom stereocenters. The van der Waals surface area contributed by atoms with E-state index in [-0.39, 0.29) is 11.8 Å². The number of para-hydroxylation sites is 1. The Labute approximate surface area is 183 Å². The summed E-state index contributed by atoms with van der Waals surface area (Å²) >= 11 is 1.30. The van der Waals surface area contributed by atoms with Crippen molar-refractivity contribution in [2.45, 2.75) is 25.7 Å². The number of pyridine rings is 1. The largest absolute Gasteiger partial charge is 0.281 e. The summed E-state index contributed by atoms with van der Waals surface area (Å²) in [6.07, 6.45) is 2.19. The molecule has 7 heteroatoms. The van der Waals surface area contributed by atoms with E-state index in [9.17, 15) is 9.59 Å². The second-order valence-electron chi connectivity index (χ2n) is 7.59. The molecule has 31 heavy (non-hydrogen) atoms. The summed E-state index contributed by atoms with van der Waals surface area (Å²) in [7, 11) is 0. The molecule has 1 saturated carbocycles. The molecule has 1 fully saturated rings. The van der Waals surface area contributed by atoms with Crippen molar-refractivity contribution in [1.82, 2.24) is 20.8 Å². The maximum Gasteiger partial charge on any atom is 0.281 e. The third-order valence-electron chi connectivity index (χ3n) is 5.29. The van der Waals surface area contributed by atoms with Gasteiger partial charge in [0.2, 0.25) is 0 Å². The molecule has 5 rings (SSSR count). The van der Waals surface area contributed by atoms with Crippen LogP contribution < -0.4 is 10.9 Å². The Morgan fingerprint density at radius 2 is 1.65 bits per heavy atom. The Bertz CT molecular complexity index is 1300. The Kier molecular flexibility index (Phi) is 4.95. The fraction of sp³-hybridized carbons (Fsp3) is 0.167. The molecule has 0 spiro atoms. The van der Waals surface area contributed by atoms with Crippen LogP contribution in [0.25, 0.3) is 21.5 Å². The molecule has 2 aromatic carbocycles. The van der Waals surface area contributed by atoms with Crippen LogP contribution >= 0.6 is 11.3 Å². The summed E-state index contributed by atoms with van der Waals surface area (Å²) in [5.41, 5.74) is 8.92. The highest BCUT2D eigenvalue weighted by molar-refractivity contribution is 7.17. The normalized spacial score (nSPS) is 13.2. The van der Waals surface area contributed by atoms with Gasteiger partial charge in [0.15, 0.2) is 0 Å². The second-order valence-corrected chi connectivity index (χ2v) is 8.59. The maximum absolute atomic E-state index is 12.9. The number of nitrogens with zero attached hydrogens (tertiary/aromatic N) is 2. The quantitative estimate of drug-likeness (QED) is 0.465. The van der Waals surface area contributed by atoms with Gasteiger partial charge in [0.1, 0.15) is 9.88 Å². The van der Waals surface area contributed by atoms with Crippen molar-refractivity contribution in [2.75, 3.05) is 0 Å². The number of aromatic nitrogens is 2. The van der Waals surface area contributed by atoms with Crippen LogP contribution in [0.5, 0.6) is 0 Å². The molecule has 2 N–H and O–H groups in total. The van der Waals surface area contributed by atoms with E-state index in [0.29, 0.717) is 22.1 Å². The molecule has 0 aliphatic heterocycles. The van der Waals surface area contributed by atoms with E-state index in [4.69, 9.17) is 4.98 Å². The monoisotopic (exact) mass is 428 g/mol. The third-order valence-corrected chi connectivity index (χ3v) is 6.49. The van der Waals surface area contributed by atoms with Crippen LogP contribution in [0.4, 0.5) is 0 Å². The van der Waals surface area contributed by atoms with Crippen molar-refractivity contribution in [3.63, 3.8) is 0 Å². The van der Waals surface area contributed by atoms with E-state index in [1.165, 1.54) is 11.3 Å². The van der Waals surface area contributed by atoms with Crippen LogP contribution in [-0.2, 0) is 0 Å². The Balaban J connectivity index is 1.35. The first kappa shape index (κ1) is 19.4. The number of amides is 2. The number of carbonyl (C=O) groups excluding carboxylic acids is 2. The number of hydrogen-bond donors (Lipinski definition) is 2. The molecular weight excluding hydrogens is 408 g/mol. The molecule has 0 radical (unpaired) electrons. The third kappa shape index (κ3) is 3.92. The number of thiazole rings is 1. The number of fused-ring (bicyclic) bond motifs is 1. The molecule has 154 valence electrons. The Morgan fingerprint density at radius 3 is 2.42 bits per heavy atom. The minimum atomic E-state index is -0.383. The zero-order valence-corrected chi connectivity index (χ0v) is 17.7. The highest BCUT2D eigenvalue weighted by atomic mass is 32.1. The van der Waals surface area contributed by atoms with Gasteiger partial charge in [0, 0.05) is 22.6 Å². The summed E-state index contributed by atoms with van der Waals surface area (Å²) in [6.45, 7) is 1.79. The van der Waals surface area contributed by atoms with Gasteiger partial charge < -0.3 is 0 Å². The van der Waals surface area contributed by atoms with Crippen LogP contribution in [0.15, 0.2) is 60.7 Å². The van der Waals surface area contributed by atoms with E-state index in [1.807, 2.05) is 60.7 Å². The lowest BCUT2D eigenvalue weighted by Crippen LogP contribution is -2.41. The van der Waals surface area contributed by atoms with Gasteiger partial charge in [-0.15, -0.1) is 11.3 Å². The number of rotatable bonds is 4. The number of hydrazine groups is 1. The molecule has 6 nitrogen and oxygen atoms in total. The lowest BCUT2D eigenvalue weighted by molar-refractivity contribution is 0.0849. The number of nitrogens with one attached hydrogen (secondary N) is 2. The van der Waals surface area contributed by atoms with Gasteiger partial charge in [-0.25, -0.2) is 4.98 Å². The van der Waals surface area contributed by atoms with E-state index in [0.717, 1.165) is 40.0 Å². The van der Waals surface area contributed by atoms with Crippen LogP contribution in [0.3, 0.4) is 0 Å². The molecule has 2 aromatic heterocycles. The first-order chi connectivity index (χ1) is 15.1. The average Bonchev–Trinajstić information content (AvgIpc) is 3.58. The fourth-order valence-corrected chi connectivity index (χ4v) is 4.49. The lowest BCUT2D eigenvalue weighted by Gasteiger charge is -2.10. The van der Waals surface area contributed by atoms with Crippen molar-refractivity contribution in [1.29, 1.82) is 0 Å². The molecule has 2 amide bonds. The molecule has 1 aliphatic carbocycles. The Morgan fingerprint density at radius 1 is 0.935 bits per heavy atom. The van der Waals surface area contributed by atoms with Gasteiger partial charge in [0.05, 0.1) is 16.8 Å². The van der Waals surface area contributed by atoms with Crippen molar-refractivity contribution in [3.05, 3.63) is 82.5 Å². The predicted octanol–water partition coefficient (Wildman–Crippen LogP) is 4.62. The zero-order chi connectivity index (χ0) is 21.4. The first-order valence-corrected chi connectivity index (χ1v) is 10.9. The van der Waals surface area contributed by atoms with Crippen LogP contribution in [0.2, 0.25) is 0 Å².